The lowest BCUT2D eigenvalue weighted by molar-refractivity contribution is -0.117. The second kappa shape index (κ2) is 5.96. The van der Waals surface area contributed by atoms with Crippen LogP contribution in [-0.4, -0.2) is 25.0 Å². The number of hydrogen-bond donors (Lipinski definition) is 1. The number of carbonyl (C=O) groups excluding carboxylic acids is 1. The second-order valence-corrected chi connectivity index (χ2v) is 5.29. The summed E-state index contributed by atoms with van der Waals surface area (Å²) >= 11 is 0. The lowest BCUT2D eigenvalue weighted by Gasteiger charge is -2.19. The minimum absolute atomic E-state index is 0.0366. The minimum atomic E-state index is -0.438. The Morgan fingerprint density at radius 2 is 2.06 bits per heavy atom. The van der Waals surface area contributed by atoms with Crippen LogP contribution in [0.25, 0.3) is 0 Å². The average Bonchev–Trinajstić information content (AvgIpc) is 2.26. The van der Waals surface area contributed by atoms with Gasteiger partial charge in [-0.25, -0.2) is 4.39 Å². The van der Waals surface area contributed by atoms with Gasteiger partial charge >= 0.3 is 0 Å². The van der Waals surface area contributed by atoms with Crippen LogP contribution in [0.15, 0.2) is 18.2 Å². The van der Waals surface area contributed by atoms with E-state index < -0.39 is 5.82 Å². The van der Waals surface area contributed by atoms with Crippen LogP contribution in [0.3, 0.4) is 0 Å². The highest BCUT2D eigenvalue weighted by Gasteiger charge is 2.12. The Morgan fingerprint density at radius 1 is 1.39 bits per heavy atom. The van der Waals surface area contributed by atoms with Crippen molar-refractivity contribution in [3.8, 4) is 5.75 Å². The quantitative estimate of drug-likeness (QED) is 0.875. The summed E-state index contributed by atoms with van der Waals surface area (Å²) in [5.74, 6) is -0.208. The van der Waals surface area contributed by atoms with Gasteiger partial charge < -0.3 is 10.1 Å². The van der Waals surface area contributed by atoms with Crippen LogP contribution in [0.1, 0.15) is 26.3 Å². The summed E-state index contributed by atoms with van der Waals surface area (Å²) in [5.41, 5.74) is 0.565. The van der Waals surface area contributed by atoms with E-state index in [-0.39, 0.29) is 30.0 Å². The topological polar surface area (TPSA) is 38.3 Å². The SMILES string of the molecule is COc1ccc(CC(=O)CNC(C)(C)C)cc1F. The molecule has 1 rings (SSSR count). The molecule has 0 unspecified atom stereocenters. The first-order chi connectivity index (χ1) is 8.31. The van der Waals surface area contributed by atoms with E-state index in [0.717, 1.165) is 0 Å². The number of Topliss-reactive ketones (excluding diaryl/α,β-unsaturated/α-hetero) is 1. The Morgan fingerprint density at radius 3 is 2.56 bits per heavy atom. The van der Waals surface area contributed by atoms with E-state index >= 15 is 0 Å². The lowest BCUT2D eigenvalue weighted by Crippen LogP contribution is -2.39. The smallest absolute Gasteiger partial charge is 0.165 e. The molecule has 0 atom stereocenters. The van der Waals surface area contributed by atoms with E-state index in [1.807, 2.05) is 20.8 Å². The molecule has 1 N–H and O–H groups in total. The molecule has 0 fully saturated rings. The van der Waals surface area contributed by atoms with E-state index in [9.17, 15) is 9.18 Å². The van der Waals surface area contributed by atoms with Gasteiger partial charge in [0.2, 0.25) is 0 Å². The van der Waals surface area contributed by atoms with Gasteiger partial charge in [0.15, 0.2) is 17.3 Å². The van der Waals surface area contributed by atoms with Crippen molar-refractivity contribution in [1.29, 1.82) is 0 Å². The fraction of sp³-hybridized carbons (Fsp3) is 0.500. The van der Waals surface area contributed by atoms with Gasteiger partial charge in [-0.15, -0.1) is 0 Å². The van der Waals surface area contributed by atoms with Crippen molar-refractivity contribution in [2.45, 2.75) is 32.7 Å². The number of nitrogens with one attached hydrogen (secondary N) is 1. The maximum absolute atomic E-state index is 13.4. The molecule has 18 heavy (non-hydrogen) atoms. The van der Waals surface area contributed by atoms with E-state index in [2.05, 4.69) is 5.32 Å². The number of halogens is 1. The number of hydrogen-bond acceptors (Lipinski definition) is 3. The molecule has 0 aromatic heterocycles. The molecule has 3 nitrogen and oxygen atoms in total. The largest absolute Gasteiger partial charge is 0.494 e. The third kappa shape index (κ3) is 4.84. The van der Waals surface area contributed by atoms with Crippen LogP contribution in [0.4, 0.5) is 4.39 Å². The maximum atomic E-state index is 13.4. The predicted molar refractivity (Wildman–Crippen MR) is 69.4 cm³/mol. The summed E-state index contributed by atoms with van der Waals surface area (Å²) in [5, 5.41) is 3.11. The van der Waals surface area contributed by atoms with Gasteiger partial charge in [0.1, 0.15) is 0 Å². The average molecular weight is 253 g/mol. The number of methoxy groups -OCH3 is 1. The summed E-state index contributed by atoms with van der Waals surface area (Å²) < 4.78 is 18.2. The maximum Gasteiger partial charge on any atom is 0.165 e. The van der Waals surface area contributed by atoms with Crippen molar-refractivity contribution in [3.05, 3.63) is 29.6 Å². The van der Waals surface area contributed by atoms with Gasteiger partial charge in [0.25, 0.3) is 0 Å². The first-order valence-electron chi connectivity index (χ1n) is 5.91. The number of rotatable bonds is 5. The molecule has 0 radical (unpaired) electrons. The molecule has 0 aliphatic carbocycles. The van der Waals surface area contributed by atoms with Crippen LogP contribution in [-0.2, 0) is 11.2 Å². The van der Waals surface area contributed by atoms with Crippen LogP contribution in [0, 0.1) is 5.82 Å². The Kier molecular flexibility index (Phi) is 4.84. The number of benzene rings is 1. The van der Waals surface area contributed by atoms with E-state index in [1.165, 1.54) is 19.2 Å². The Labute approximate surface area is 107 Å². The standard InChI is InChI=1S/C14H20FNO2/c1-14(2,3)16-9-11(17)7-10-5-6-13(18-4)12(15)8-10/h5-6,8,16H,7,9H2,1-4H3. The molecular formula is C14H20FNO2. The van der Waals surface area contributed by atoms with E-state index in [0.29, 0.717) is 5.56 Å². The van der Waals surface area contributed by atoms with Crippen LogP contribution < -0.4 is 10.1 Å². The lowest BCUT2D eigenvalue weighted by atomic mass is 10.1. The summed E-state index contributed by atoms with van der Waals surface area (Å²) in [4.78, 5) is 11.7. The fourth-order valence-electron chi connectivity index (χ4n) is 1.47. The molecule has 0 amide bonds. The molecule has 0 spiro atoms. The van der Waals surface area contributed by atoms with Crippen molar-refractivity contribution in [1.82, 2.24) is 5.32 Å². The van der Waals surface area contributed by atoms with Crippen LogP contribution >= 0.6 is 0 Å². The van der Waals surface area contributed by atoms with Crippen molar-refractivity contribution < 1.29 is 13.9 Å². The highest BCUT2D eigenvalue weighted by Crippen LogP contribution is 2.18. The first-order valence-corrected chi connectivity index (χ1v) is 5.91. The Hall–Kier alpha value is -1.42. The number of ether oxygens (including phenoxy) is 1. The number of carbonyl (C=O) groups is 1. The van der Waals surface area contributed by atoms with Gasteiger partial charge in [0.05, 0.1) is 13.7 Å². The summed E-state index contributed by atoms with van der Waals surface area (Å²) in [6, 6.07) is 4.58. The Balaban J connectivity index is 2.57. The van der Waals surface area contributed by atoms with Gasteiger partial charge in [-0.2, -0.15) is 0 Å². The zero-order valence-electron chi connectivity index (χ0n) is 11.3. The van der Waals surface area contributed by atoms with Crippen LogP contribution in [0.2, 0.25) is 0 Å². The summed E-state index contributed by atoms with van der Waals surface area (Å²) in [6.45, 7) is 6.27. The molecule has 4 heteroatoms. The predicted octanol–water partition coefficient (Wildman–Crippen LogP) is 2.33. The normalized spacial score (nSPS) is 11.4. The molecule has 0 saturated carbocycles. The molecule has 100 valence electrons. The Bertz CT molecular complexity index is 424. The van der Waals surface area contributed by atoms with Gasteiger partial charge in [0, 0.05) is 12.0 Å². The van der Waals surface area contributed by atoms with Crippen molar-refractivity contribution in [2.24, 2.45) is 0 Å². The fourth-order valence-corrected chi connectivity index (χ4v) is 1.47. The van der Waals surface area contributed by atoms with Crippen molar-refractivity contribution in [3.63, 3.8) is 0 Å². The minimum Gasteiger partial charge on any atom is -0.494 e. The molecule has 1 aromatic carbocycles. The van der Waals surface area contributed by atoms with E-state index in [1.54, 1.807) is 6.07 Å². The zero-order valence-corrected chi connectivity index (χ0v) is 11.3. The number of ketones is 1. The molecule has 0 heterocycles. The summed E-state index contributed by atoms with van der Waals surface area (Å²) in [6.07, 6.45) is 0.226. The first kappa shape index (κ1) is 14.6. The molecule has 1 aromatic rings. The monoisotopic (exact) mass is 253 g/mol. The van der Waals surface area contributed by atoms with Crippen LogP contribution in [0.5, 0.6) is 5.75 Å². The zero-order chi connectivity index (χ0) is 13.8. The van der Waals surface area contributed by atoms with Gasteiger partial charge in [-0.3, -0.25) is 4.79 Å². The molecule has 0 bridgehead atoms. The highest BCUT2D eigenvalue weighted by molar-refractivity contribution is 5.82. The molecular weight excluding hydrogens is 233 g/mol. The van der Waals surface area contributed by atoms with Crippen molar-refractivity contribution >= 4 is 5.78 Å². The highest BCUT2D eigenvalue weighted by atomic mass is 19.1. The van der Waals surface area contributed by atoms with Crippen molar-refractivity contribution in [2.75, 3.05) is 13.7 Å². The third-order valence-electron chi connectivity index (χ3n) is 2.43. The molecule has 0 aliphatic heterocycles. The second-order valence-electron chi connectivity index (χ2n) is 5.29. The third-order valence-corrected chi connectivity index (χ3v) is 2.43. The van der Waals surface area contributed by atoms with E-state index in [4.69, 9.17) is 4.74 Å². The summed E-state index contributed by atoms with van der Waals surface area (Å²) in [7, 11) is 1.41. The van der Waals surface area contributed by atoms with Gasteiger partial charge in [-0.1, -0.05) is 6.07 Å². The molecule has 0 aliphatic rings. The van der Waals surface area contributed by atoms with Gasteiger partial charge in [-0.05, 0) is 38.5 Å². The molecule has 0 saturated heterocycles.